The minimum absolute atomic E-state index is 0.0347. The maximum atomic E-state index is 11.7. The third kappa shape index (κ3) is 6.96. The van der Waals surface area contributed by atoms with Crippen molar-refractivity contribution in [2.45, 2.75) is 40.2 Å². The van der Waals surface area contributed by atoms with E-state index in [0.29, 0.717) is 13.2 Å². The normalized spacial score (nSPS) is 10.8. The average molecular weight is 358 g/mol. The summed E-state index contributed by atoms with van der Waals surface area (Å²) in [6.07, 6.45) is 1.04. The zero-order chi connectivity index (χ0) is 15.8. The van der Waals surface area contributed by atoms with Gasteiger partial charge in [-0.25, -0.2) is 0 Å². The first-order valence-corrected chi connectivity index (χ1v) is 7.97. The van der Waals surface area contributed by atoms with Gasteiger partial charge in [0, 0.05) is 17.6 Å². The summed E-state index contributed by atoms with van der Waals surface area (Å²) in [5, 5.41) is 2.82. The molecule has 1 aromatic carbocycles. The molecular formula is C16H24BrNO3. The summed E-state index contributed by atoms with van der Waals surface area (Å²) in [5.74, 6) is 0.633. The molecule has 0 aliphatic heterocycles. The number of rotatable bonds is 8. The van der Waals surface area contributed by atoms with Gasteiger partial charge in [-0.05, 0) is 57.4 Å². The molecular weight excluding hydrogens is 334 g/mol. The molecule has 1 amide bonds. The molecule has 0 bridgehead atoms. The molecule has 0 saturated carbocycles. The number of carbonyl (C=O) groups excluding carboxylic acids is 1. The van der Waals surface area contributed by atoms with E-state index >= 15 is 0 Å². The van der Waals surface area contributed by atoms with E-state index in [1.165, 1.54) is 0 Å². The van der Waals surface area contributed by atoms with Crippen LogP contribution in [0.2, 0.25) is 0 Å². The number of amides is 1. The molecule has 21 heavy (non-hydrogen) atoms. The Morgan fingerprint density at radius 2 is 2.00 bits per heavy atom. The van der Waals surface area contributed by atoms with E-state index in [9.17, 15) is 4.79 Å². The maximum Gasteiger partial charge on any atom is 0.257 e. The van der Waals surface area contributed by atoms with Gasteiger partial charge in [0.15, 0.2) is 6.61 Å². The lowest BCUT2D eigenvalue weighted by Crippen LogP contribution is -2.30. The van der Waals surface area contributed by atoms with E-state index in [1.807, 2.05) is 39.8 Å². The number of aryl methyl sites for hydroxylation is 2. The summed E-state index contributed by atoms with van der Waals surface area (Å²) >= 11 is 3.47. The van der Waals surface area contributed by atoms with Crippen LogP contribution in [-0.2, 0) is 9.53 Å². The SMILES string of the molecule is Cc1cc(OCC(=O)NCCCOC(C)C)c(C)cc1Br. The first-order valence-electron chi connectivity index (χ1n) is 7.18. The van der Waals surface area contributed by atoms with Crippen molar-refractivity contribution in [1.82, 2.24) is 5.32 Å². The predicted molar refractivity (Wildman–Crippen MR) is 87.8 cm³/mol. The van der Waals surface area contributed by atoms with Crippen molar-refractivity contribution in [1.29, 1.82) is 0 Å². The van der Waals surface area contributed by atoms with Crippen molar-refractivity contribution in [3.05, 3.63) is 27.7 Å². The number of hydrogen-bond donors (Lipinski definition) is 1. The first kappa shape index (κ1) is 18.0. The Kier molecular flexibility index (Phi) is 7.75. The van der Waals surface area contributed by atoms with E-state index in [-0.39, 0.29) is 18.6 Å². The number of carbonyl (C=O) groups is 1. The van der Waals surface area contributed by atoms with E-state index in [2.05, 4.69) is 21.2 Å². The largest absolute Gasteiger partial charge is 0.483 e. The summed E-state index contributed by atoms with van der Waals surface area (Å²) in [6.45, 7) is 9.24. The van der Waals surface area contributed by atoms with Crippen LogP contribution in [0, 0.1) is 13.8 Å². The van der Waals surface area contributed by atoms with Crippen molar-refractivity contribution in [2.24, 2.45) is 0 Å². The monoisotopic (exact) mass is 357 g/mol. The van der Waals surface area contributed by atoms with Crippen LogP contribution in [0.15, 0.2) is 16.6 Å². The van der Waals surface area contributed by atoms with Crippen molar-refractivity contribution >= 4 is 21.8 Å². The van der Waals surface area contributed by atoms with Gasteiger partial charge in [-0.1, -0.05) is 15.9 Å². The van der Waals surface area contributed by atoms with Gasteiger partial charge >= 0.3 is 0 Å². The lowest BCUT2D eigenvalue weighted by Gasteiger charge is -2.12. The number of nitrogens with one attached hydrogen (secondary N) is 1. The van der Waals surface area contributed by atoms with Crippen molar-refractivity contribution in [2.75, 3.05) is 19.8 Å². The second kappa shape index (κ2) is 9.05. The van der Waals surface area contributed by atoms with Crippen LogP contribution in [0.4, 0.5) is 0 Å². The summed E-state index contributed by atoms with van der Waals surface area (Å²) in [5.41, 5.74) is 2.09. The average Bonchev–Trinajstić information content (AvgIpc) is 2.40. The molecule has 0 spiro atoms. The van der Waals surface area contributed by atoms with E-state index in [1.54, 1.807) is 0 Å². The Morgan fingerprint density at radius 3 is 2.67 bits per heavy atom. The highest BCUT2D eigenvalue weighted by Crippen LogP contribution is 2.26. The molecule has 118 valence electrons. The van der Waals surface area contributed by atoms with Gasteiger partial charge < -0.3 is 14.8 Å². The Bertz CT molecular complexity index is 475. The molecule has 0 aromatic heterocycles. The number of hydrogen-bond acceptors (Lipinski definition) is 3. The van der Waals surface area contributed by atoms with E-state index in [0.717, 1.165) is 27.8 Å². The van der Waals surface area contributed by atoms with Gasteiger partial charge in [-0.3, -0.25) is 4.79 Å². The molecule has 0 atom stereocenters. The zero-order valence-corrected chi connectivity index (χ0v) is 14.7. The van der Waals surface area contributed by atoms with Crippen LogP contribution in [0.25, 0.3) is 0 Å². The molecule has 1 aromatic rings. The molecule has 4 nitrogen and oxygen atoms in total. The molecule has 0 heterocycles. The second-order valence-corrected chi connectivity index (χ2v) is 6.13. The van der Waals surface area contributed by atoms with Gasteiger partial charge in [0.25, 0.3) is 5.91 Å². The molecule has 0 fully saturated rings. The van der Waals surface area contributed by atoms with Gasteiger partial charge in [-0.15, -0.1) is 0 Å². The minimum atomic E-state index is -0.112. The minimum Gasteiger partial charge on any atom is -0.483 e. The lowest BCUT2D eigenvalue weighted by molar-refractivity contribution is -0.123. The Balaban J connectivity index is 2.29. The highest BCUT2D eigenvalue weighted by atomic mass is 79.9. The Morgan fingerprint density at radius 1 is 1.29 bits per heavy atom. The van der Waals surface area contributed by atoms with Gasteiger partial charge in [0.1, 0.15) is 5.75 Å². The third-order valence-corrected chi connectivity index (χ3v) is 3.76. The molecule has 0 aliphatic rings. The number of ether oxygens (including phenoxy) is 2. The van der Waals surface area contributed by atoms with Crippen LogP contribution in [0.3, 0.4) is 0 Å². The quantitative estimate of drug-likeness (QED) is 0.725. The molecule has 1 rings (SSSR count). The summed E-state index contributed by atoms with van der Waals surface area (Å²) in [6, 6.07) is 3.93. The molecule has 0 aliphatic carbocycles. The number of benzene rings is 1. The van der Waals surface area contributed by atoms with E-state index < -0.39 is 0 Å². The standard InChI is InChI=1S/C16H24BrNO3/c1-11(2)20-7-5-6-18-16(19)10-21-15-9-12(3)14(17)8-13(15)4/h8-9,11H,5-7,10H2,1-4H3,(H,18,19). The van der Waals surface area contributed by atoms with Gasteiger partial charge in [0.2, 0.25) is 0 Å². The van der Waals surface area contributed by atoms with Crippen LogP contribution in [0.1, 0.15) is 31.4 Å². The highest BCUT2D eigenvalue weighted by Gasteiger charge is 2.07. The third-order valence-electron chi connectivity index (χ3n) is 2.91. The smallest absolute Gasteiger partial charge is 0.257 e. The lowest BCUT2D eigenvalue weighted by atomic mass is 10.1. The van der Waals surface area contributed by atoms with Crippen molar-refractivity contribution in [3.63, 3.8) is 0 Å². The topological polar surface area (TPSA) is 47.6 Å². The summed E-state index contributed by atoms with van der Waals surface area (Å²) in [7, 11) is 0. The molecule has 0 unspecified atom stereocenters. The predicted octanol–water partition coefficient (Wildman–Crippen LogP) is 3.38. The van der Waals surface area contributed by atoms with Crippen LogP contribution >= 0.6 is 15.9 Å². The fraction of sp³-hybridized carbons (Fsp3) is 0.562. The fourth-order valence-electron chi connectivity index (χ4n) is 1.72. The van der Waals surface area contributed by atoms with Crippen LogP contribution in [0.5, 0.6) is 5.75 Å². The zero-order valence-electron chi connectivity index (χ0n) is 13.2. The molecule has 0 radical (unpaired) electrons. The molecule has 0 saturated heterocycles. The highest BCUT2D eigenvalue weighted by molar-refractivity contribution is 9.10. The van der Waals surface area contributed by atoms with Gasteiger partial charge in [-0.2, -0.15) is 0 Å². The van der Waals surface area contributed by atoms with Crippen molar-refractivity contribution in [3.8, 4) is 5.75 Å². The Hall–Kier alpha value is -1.07. The Labute approximate surface area is 135 Å². The van der Waals surface area contributed by atoms with Crippen LogP contribution < -0.4 is 10.1 Å². The van der Waals surface area contributed by atoms with Crippen LogP contribution in [-0.4, -0.2) is 31.8 Å². The first-order chi connectivity index (χ1) is 9.90. The summed E-state index contributed by atoms with van der Waals surface area (Å²) in [4.78, 5) is 11.7. The molecule has 5 heteroatoms. The summed E-state index contributed by atoms with van der Waals surface area (Å²) < 4.78 is 12.0. The fourth-order valence-corrected chi connectivity index (χ4v) is 2.18. The maximum absolute atomic E-state index is 11.7. The van der Waals surface area contributed by atoms with Crippen molar-refractivity contribution < 1.29 is 14.3 Å². The van der Waals surface area contributed by atoms with E-state index in [4.69, 9.17) is 9.47 Å². The second-order valence-electron chi connectivity index (χ2n) is 5.28. The number of halogens is 1. The molecule has 1 N–H and O–H groups in total. The van der Waals surface area contributed by atoms with Gasteiger partial charge in [0.05, 0.1) is 6.10 Å².